The van der Waals surface area contributed by atoms with E-state index in [0.717, 1.165) is 11.3 Å². The number of hydrogen-bond donors (Lipinski definition) is 3. The van der Waals surface area contributed by atoms with Gasteiger partial charge in [-0.05, 0) is 20.8 Å². The Morgan fingerprint density at radius 1 is 1.48 bits per heavy atom. The summed E-state index contributed by atoms with van der Waals surface area (Å²) in [5.74, 6) is -0.944. The number of carbonyl (C=O) groups is 2. The van der Waals surface area contributed by atoms with Crippen LogP contribution in [-0.4, -0.2) is 51.3 Å². The molecule has 2 rings (SSSR count). The number of rotatable bonds is 5. The van der Waals surface area contributed by atoms with Crippen molar-refractivity contribution in [3.05, 3.63) is 20.7 Å². The van der Waals surface area contributed by atoms with Crippen molar-refractivity contribution >= 4 is 23.4 Å². The molecule has 9 heteroatoms. The molecule has 1 aromatic rings. The quantitative estimate of drug-likeness (QED) is 0.735. The summed E-state index contributed by atoms with van der Waals surface area (Å²) in [5.41, 5.74) is -0.603. The number of aliphatic carboxylic acids is 1. The second-order valence-corrected chi connectivity index (χ2v) is 7.56. The molecule has 1 aliphatic heterocycles. The maximum Gasteiger partial charge on any atom is 0.410 e. The van der Waals surface area contributed by atoms with E-state index in [-0.39, 0.29) is 24.4 Å². The normalized spacial score (nSPS) is 16.7. The topological polar surface area (TPSA) is 112 Å². The van der Waals surface area contributed by atoms with Gasteiger partial charge in [0.2, 0.25) is 0 Å². The van der Waals surface area contributed by atoms with E-state index in [2.05, 4.69) is 10.3 Å². The van der Waals surface area contributed by atoms with Crippen molar-refractivity contribution in [3.8, 4) is 0 Å². The number of amides is 1. The van der Waals surface area contributed by atoms with E-state index in [1.165, 1.54) is 4.90 Å². The third-order valence-corrected chi connectivity index (χ3v) is 4.07. The molecule has 8 nitrogen and oxygen atoms in total. The van der Waals surface area contributed by atoms with Crippen LogP contribution in [0.25, 0.3) is 0 Å². The van der Waals surface area contributed by atoms with Crippen LogP contribution in [0.15, 0.2) is 10.2 Å². The van der Waals surface area contributed by atoms with Gasteiger partial charge < -0.3 is 25.0 Å². The molecule has 1 aliphatic rings. The van der Waals surface area contributed by atoms with Crippen molar-refractivity contribution in [1.82, 2.24) is 15.2 Å². The van der Waals surface area contributed by atoms with Gasteiger partial charge in [0.15, 0.2) is 0 Å². The number of hydrogen-bond acceptors (Lipinski definition) is 6. The fourth-order valence-electron chi connectivity index (χ4n) is 2.40. The highest BCUT2D eigenvalue weighted by Gasteiger charge is 2.47. The van der Waals surface area contributed by atoms with E-state index in [4.69, 9.17) is 9.84 Å². The van der Waals surface area contributed by atoms with Gasteiger partial charge in [-0.3, -0.25) is 9.59 Å². The van der Waals surface area contributed by atoms with E-state index in [9.17, 15) is 14.4 Å². The molecule has 3 N–H and O–H groups in total. The fourth-order valence-corrected chi connectivity index (χ4v) is 2.98. The van der Waals surface area contributed by atoms with E-state index < -0.39 is 23.2 Å². The smallest absolute Gasteiger partial charge is 0.410 e. The van der Waals surface area contributed by atoms with Crippen molar-refractivity contribution in [2.75, 3.05) is 13.1 Å². The van der Waals surface area contributed by atoms with Crippen LogP contribution in [0.2, 0.25) is 0 Å². The summed E-state index contributed by atoms with van der Waals surface area (Å²) in [6, 6.07) is 0. The lowest BCUT2D eigenvalue weighted by atomic mass is 9.86. The first-order chi connectivity index (χ1) is 10.6. The molecule has 1 fully saturated rings. The van der Waals surface area contributed by atoms with Gasteiger partial charge in [0.25, 0.3) is 0 Å². The van der Waals surface area contributed by atoms with Crippen molar-refractivity contribution in [2.45, 2.75) is 44.9 Å². The van der Waals surface area contributed by atoms with Gasteiger partial charge in [-0.15, -0.1) is 0 Å². The molecule has 0 atom stereocenters. The number of carbonyl (C=O) groups excluding carboxylic acids is 1. The minimum absolute atomic E-state index is 0.110. The van der Waals surface area contributed by atoms with Crippen LogP contribution in [0.4, 0.5) is 4.79 Å². The number of thiazole rings is 1. The van der Waals surface area contributed by atoms with Gasteiger partial charge in [-0.1, -0.05) is 11.3 Å². The minimum Gasteiger partial charge on any atom is -0.481 e. The molecule has 2 heterocycles. The molecule has 1 saturated heterocycles. The lowest BCUT2D eigenvalue weighted by Gasteiger charge is -2.49. The average Bonchev–Trinajstić information content (AvgIpc) is 2.75. The molecular formula is C14H21N3O5S. The third-order valence-electron chi connectivity index (χ3n) is 3.35. The first-order valence-electron chi connectivity index (χ1n) is 7.20. The summed E-state index contributed by atoms with van der Waals surface area (Å²) in [6.07, 6.45) is -0.565. The molecule has 0 aliphatic carbocycles. The Balaban J connectivity index is 1.95. The Hall–Kier alpha value is -1.87. The van der Waals surface area contributed by atoms with E-state index in [0.29, 0.717) is 12.2 Å². The second-order valence-electron chi connectivity index (χ2n) is 6.71. The number of aromatic amines is 1. The van der Waals surface area contributed by atoms with Crippen LogP contribution < -0.4 is 10.2 Å². The summed E-state index contributed by atoms with van der Waals surface area (Å²) >= 11 is 1.05. The van der Waals surface area contributed by atoms with Crippen LogP contribution in [0.3, 0.4) is 0 Å². The molecule has 0 saturated carbocycles. The zero-order chi connectivity index (χ0) is 17.3. The summed E-state index contributed by atoms with van der Waals surface area (Å²) in [4.78, 5) is 38.2. The van der Waals surface area contributed by atoms with Crippen LogP contribution in [0, 0.1) is 0 Å². The van der Waals surface area contributed by atoms with E-state index in [1.54, 1.807) is 26.2 Å². The summed E-state index contributed by atoms with van der Waals surface area (Å²) in [5, 5.41) is 13.9. The number of carboxylic acids is 1. The Morgan fingerprint density at radius 3 is 2.61 bits per heavy atom. The number of likely N-dealkylation sites (tertiary alicyclic amines) is 1. The van der Waals surface area contributed by atoms with Gasteiger partial charge in [0.05, 0.1) is 12.0 Å². The average molecular weight is 343 g/mol. The first kappa shape index (κ1) is 17.5. The highest BCUT2D eigenvalue weighted by Crippen LogP contribution is 2.27. The highest BCUT2D eigenvalue weighted by atomic mass is 32.1. The summed E-state index contributed by atoms with van der Waals surface area (Å²) < 4.78 is 5.27. The van der Waals surface area contributed by atoms with Gasteiger partial charge in [0, 0.05) is 30.7 Å². The number of ether oxygens (including phenoxy) is 1. The van der Waals surface area contributed by atoms with Gasteiger partial charge in [-0.25, -0.2) is 4.79 Å². The number of carboxylic acid groups (broad SMARTS) is 1. The van der Waals surface area contributed by atoms with Crippen LogP contribution >= 0.6 is 11.3 Å². The largest absolute Gasteiger partial charge is 0.481 e. The van der Waals surface area contributed by atoms with Gasteiger partial charge >= 0.3 is 16.9 Å². The third kappa shape index (κ3) is 4.80. The number of nitrogens with zero attached hydrogens (tertiary/aromatic N) is 1. The molecule has 1 aromatic heterocycles. The molecule has 0 aromatic carbocycles. The molecule has 0 unspecified atom stereocenters. The number of H-pyrrole nitrogens is 1. The SMILES string of the molecule is CC(C)(C)OC(=O)N1CC(CC(=O)O)(NCc2csc(=O)[nH]2)C1. The molecule has 0 radical (unpaired) electrons. The zero-order valence-electron chi connectivity index (χ0n) is 13.3. The number of nitrogens with one attached hydrogen (secondary N) is 2. The lowest BCUT2D eigenvalue weighted by molar-refractivity contribution is -0.141. The second kappa shape index (κ2) is 6.32. The van der Waals surface area contributed by atoms with E-state index >= 15 is 0 Å². The highest BCUT2D eigenvalue weighted by molar-refractivity contribution is 7.07. The van der Waals surface area contributed by atoms with Crippen LogP contribution in [-0.2, 0) is 16.1 Å². The molecule has 23 heavy (non-hydrogen) atoms. The Morgan fingerprint density at radius 2 is 2.13 bits per heavy atom. The van der Waals surface area contributed by atoms with Gasteiger partial charge in [-0.2, -0.15) is 0 Å². The fraction of sp³-hybridized carbons (Fsp3) is 0.643. The Bertz CT molecular complexity index is 639. The van der Waals surface area contributed by atoms with Crippen molar-refractivity contribution in [3.63, 3.8) is 0 Å². The summed E-state index contributed by atoms with van der Waals surface area (Å²) in [7, 11) is 0. The Kier molecular flexibility index (Phi) is 4.81. The maximum absolute atomic E-state index is 12.0. The van der Waals surface area contributed by atoms with Crippen molar-refractivity contribution in [2.24, 2.45) is 0 Å². The molecule has 0 bridgehead atoms. The molecule has 0 spiro atoms. The van der Waals surface area contributed by atoms with Crippen molar-refractivity contribution in [1.29, 1.82) is 0 Å². The maximum atomic E-state index is 12.0. The van der Waals surface area contributed by atoms with Crippen LogP contribution in [0.5, 0.6) is 0 Å². The van der Waals surface area contributed by atoms with Gasteiger partial charge in [0.1, 0.15) is 5.60 Å². The Labute approximate surface area is 137 Å². The van der Waals surface area contributed by atoms with Crippen LogP contribution in [0.1, 0.15) is 32.9 Å². The summed E-state index contributed by atoms with van der Waals surface area (Å²) in [6.45, 7) is 6.18. The number of aromatic nitrogens is 1. The van der Waals surface area contributed by atoms with E-state index in [1.807, 2.05) is 0 Å². The first-order valence-corrected chi connectivity index (χ1v) is 8.08. The lowest BCUT2D eigenvalue weighted by Crippen LogP contribution is -2.71. The molecular weight excluding hydrogens is 322 g/mol. The predicted molar refractivity (Wildman–Crippen MR) is 84.6 cm³/mol. The monoisotopic (exact) mass is 343 g/mol. The standard InChI is InChI=1S/C14H21N3O5S/c1-13(2,3)22-12(21)17-7-14(8-17,4-10(18)19)15-5-9-6-23-11(20)16-9/h6,15H,4-5,7-8H2,1-3H3,(H,16,20)(H,18,19). The minimum atomic E-state index is -0.944. The predicted octanol–water partition coefficient (Wildman–Crippen LogP) is 0.990. The molecule has 1 amide bonds. The molecule has 128 valence electrons. The zero-order valence-corrected chi connectivity index (χ0v) is 14.2. The van der Waals surface area contributed by atoms with Crippen molar-refractivity contribution < 1.29 is 19.4 Å².